The molecule has 1 fully saturated rings. The second-order valence-electron chi connectivity index (χ2n) is 13.2. The van der Waals surface area contributed by atoms with E-state index in [1.165, 1.54) is 49.0 Å². The Kier molecular flexibility index (Phi) is 6.46. The van der Waals surface area contributed by atoms with E-state index in [-0.39, 0.29) is 0 Å². The monoisotopic (exact) mass is 582 g/mol. The molecule has 0 bridgehead atoms. The number of fused-ring (bicyclic) bond motifs is 6. The summed E-state index contributed by atoms with van der Waals surface area (Å²) in [5.41, 5.74) is 7.17. The van der Waals surface area contributed by atoms with Crippen molar-refractivity contribution in [2.24, 2.45) is 0 Å². The van der Waals surface area contributed by atoms with Crippen LogP contribution in [-0.4, -0.2) is 18.3 Å². The van der Waals surface area contributed by atoms with Crippen molar-refractivity contribution >= 4 is 44.9 Å². The van der Waals surface area contributed by atoms with Crippen LogP contribution in [0.2, 0.25) is 0 Å². The molecule has 0 aliphatic carbocycles. The third-order valence-electron chi connectivity index (χ3n) is 9.86. The predicted molar refractivity (Wildman–Crippen MR) is 191 cm³/mol. The second kappa shape index (κ2) is 10.4. The SMILES string of the molecule is CC1(C)OB(c2cc(-c3cccc(-c4ccccc4)c3)cc(-c3ccc4c5ccccc5c5ccccc5c4c3)c2)OC1(C)C. The van der Waals surface area contributed by atoms with E-state index >= 15 is 0 Å². The van der Waals surface area contributed by atoms with Crippen LogP contribution in [0.3, 0.4) is 0 Å². The molecule has 45 heavy (non-hydrogen) atoms. The van der Waals surface area contributed by atoms with E-state index in [9.17, 15) is 0 Å². The number of benzene rings is 7. The summed E-state index contributed by atoms with van der Waals surface area (Å²) in [6, 6.07) is 50.5. The van der Waals surface area contributed by atoms with Gasteiger partial charge in [0.1, 0.15) is 0 Å². The molecule has 7 aromatic carbocycles. The summed E-state index contributed by atoms with van der Waals surface area (Å²) >= 11 is 0. The maximum absolute atomic E-state index is 6.58. The minimum atomic E-state index is -0.462. The van der Waals surface area contributed by atoms with Gasteiger partial charge in [-0.2, -0.15) is 0 Å². The minimum absolute atomic E-state index is 0.427. The first kappa shape index (κ1) is 27.8. The van der Waals surface area contributed by atoms with Crippen molar-refractivity contribution in [2.75, 3.05) is 0 Å². The van der Waals surface area contributed by atoms with Crippen LogP contribution < -0.4 is 5.46 Å². The van der Waals surface area contributed by atoms with Gasteiger partial charge in [0.05, 0.1) is 11.2 Å². The zero-order valence-corrected chi connectivity index (χ0v) is 26.2. The molecular formula is C42H35BO2. The summed E-state index contributed by atoms with van der Waals surface area (Å²) in [6.07, 6.45) is 0. The fourth-order valence-electron chi connectivity index (χ4n) is 6.70. The first-order valence-electron chi connectivity index (χ1n) is 15.8. The first-order chi connectivity index (χ1) is 21.8. The van der Waals surface area contributed by atoms with Gasteiger partial charge in [0.2, 0.25) is 0 Å². The van der Waals surface area contributed by atoms with Crippen LogP contribution in [-0.2, 0) is 9.31 Å². The van der Waals surface area contributed by atoms with Gasteiger partial charge in [0.25, 0.3) is 0 Å². The van der Waals surface area contributed by atoms with Crippen molar-refractivity contribution in [1.29, 1.82) is 0 Å². The second-order valence-corrected chi connectivity index (χ2v) is 13.2. The van der Waals surface area contributed by atoms with E-state index in [1.807, 2.05) is 0 Å². The lowest BCUT2D eigenvalue weighted by molar-refractivity contribution is 0.00578. The van der Waals surface area contributed by atoms with E-state index in [0.717, 1.165) is 22.2 Å². The lowest BCUT2D eigenvalue weighted by atomic mass is 9.76. The van der Waals surface area contributed by atoms with Crippen molar-refractivity contribution in [3.63, 3.8) is 0 Å². The maximum Gasteiger partial charge on any atom is 0.494 e. The highest BCUT2D eigenvalue weighted by atomic mass is 16.7. The highest BCUT2D eigenvalue weighted by Crippen LogP contribution is 2.40. The molecule has 0 radical (unpaired) electrons. The van der Waals surface area contributed by atoms with Gasteiger partial charge in [0.15, 0.2) is 0 Å². The smallest absolute Gasteiger partial charge is 0.399 e. The van der Waals surface area contributed by atoms with Gasteiger partial charge in [-0.3, -0.25) is 0 Å². The summed E-state index contributed by atoms with van der Waals surface area (Å²) in [4.78, 5) is 0. The van der Waals surface area contributed by atoms with E-state index in [4.69, 9.17) is 9.31 Å². The Labute approximate surface area is 265 Å². The van der Waals surface area contributed by atoms with Gasteiger partial charge >= 0.3 is 7.12 Å². The Balaban J connectivity index is 1.33. The molecule has 0 atom stereocenters. The molecule has 7 aromatic rings. The van der Waals surface area contributed by atoms with Gasteiger partial charge in [-0.15, -0.1) is 0 Å². The molecule has 0 amide bonds. The average Bonchev–Trinajstić information content (AvgIpc) is 3.31. The zero-order valence-electron chi connectivity index (χ0n) is 26.2. The van der Waals surface area contributed by atoms with Crippen molar-refractivity contribution in [3.05, 3.63) is 140 Å². The number of hydrogen-bond donors (Lipinski definition) is 0. The van der Waals surface area contributed by atoms with Gasteiger partial charge in [-0.05, 0) is 117 Å². The fourth-order valence-corrected chi connectivity index (χ4v) is 6.70. The Morgan fingerprint density at radius 3 is 1.36 bits per heavy atom. The quantitative estimate of drug-likeness (QED) is 0.152. The molecule has 0 saturated carbocycles. The van der Waals surface area contributed by atoms with Crippen LogP contribution in [0, 0.1) is 0 Å². The predicted octanol–water partition coefficient (Wildman–Crippen LogP) is 10.4. The Morgan fingerprint density at radius 2 is 0.778 bits per heavy atom. The van der Waals surface area contributed by atoms with E-state index in [0.29, 0.717) is 0 Å². The van der Waals surface area contributed by atoms with E-state index in [1.54, 1.807) is 0 Å². The van der Waals surface area contributed by atoms with Gasteiger partial charge in [-0.25, -0.2) is 0 Å². The molecule has 0 aromatic heterocycles. The summed E-state index contributed by atoms with van der Waals surface area (Å²) in [5.74, 6) is 0. The molecule has 1 heterocycles. The lowest BCUT2D eigenvalue weighted by Gasteiger charge is -2.32. The Hall–Kier alpha value is -4.70. The summed E-state index contributed by atoms with van der Waals surface area (Å²) < 4.78 is 13.2. The van der Waals surface area contributed by atoms with Crippen molar-refractivity contribution in [3.8, 4) is 33.4 Å². The topological polar surface area (TPSA) is 18.5 Å². The normalized spacial score (nSPS) is 15.7. The molecule has 0 spiro atoms. The molecule has 1 aliphatic rings. The van der Waals surface area contributed by atoms with Gasteiger partial charge in [-0.1, -0.05) is 121 Å². The van der Waals surface area contributed by atoms with Gasteiger partial charge < -0.3 is 9.31 Å². The van der Waals surface area contributed by atoms with Crippen LogP contribution in [0.25, 0.3) is 65.7 Å². The maximum atomic E-state index is 6.58. The number of hydrogen-bond acceptors (Lipinski definition) is 2. The van der Waals surface area contributed by atoms with Crippen LogP contribution in [0.1, 0.15) is 27.7 Å². The molecule has 1 aliphatic heterocycles. The van der Waals surface area contributed by atoms with Crippen molar-refractivity contribution in [1.82, 2.24) is 0 Å². The van der Waals surface area contributed by atoms with Crippen LogP contribution in [0.5, 0.6) is 0 Å². The van der Waals surface area contributed by atoms with Crippen LogP contribution in [0.15, 0.2) is 140 Å². The molecule has 218 valence electrons. The Morgan fingerprint density at radius 1 is 0.356 bits per heavy atom. The van der Waals surface area contributed by atoms with Crippen molar-refractivity contribution in [2.45, 2.75) is 38.9 Å². The summed E-state index contributed by atoms with van der Waals surface area (Å²) in [7, 11) is -0.462. The molecule has 0 unspecified atom stereocenters. The summed E-state index contributed by atoms with van der Waals surface area (Å²) in [5, 5.41) is 7.65. The van der Waals surface area contributed by atoms with E-state index in [2.05, 4.69) is 167 Å². The third kappa shape index (κ3) is 4.75. The molecule has 3 heteroatoms. The first-order valence-corrected chi connectivity index (χ1v) is 15.8. The fraction of sp³-hybridized carbons (Fsp3) is 0.143. The molecule has 2 nitrogen and oxygen atoms in total. The average molecular weight is 583 g/mol. The van der Waals surface area contributed by atoms with E-state index < -0.39 is 18.3 Å². The van der Waals surface area contributed by atoms with Crippen LogP contribution >= 0.6 is 0 Å². The lowest BCUT2D eigenvalue weighted by Crippen LogP contribution is -2.41. The summed E-state index contributed by atoms with van der Waals surface area (Å²) in [6.45, 7) is 8.44. The molecule has 8 rings (SSSR count). The standard InChI is InChI=1S/C42H35BO2/c1-41(2)42(3,4)45-43(44-41)34-25-32(30-16-12-15-29(23-30)28-13-6-5-7-14-28)24-33(26-34)31-21-22-39-37-19-9-8-17-35(37)36-18-10-11-20-38(36)40(39)27-31/h5-27H,1-4H3. The zero-order chi connectivity index (χ0) is 30.8. The Bertz CT molecular complexity index is 2180. The molecular weight excluding hydrogens is 547 g/mol. The minimum Gasteiger partial charge on any atom is -0.399 e. The largest absolute Gasteiger partial charge is 0.494 e. The molecule has 1 saturated heterocycles. The highest BCUT2D eigenvalue weighted by Gasteiger charge is 2.51. The number of rotatable bonds is 4. The van der Waals surface area contributed by atoms with Crippen LogP contribution in [0.4, 0.5) is 0 Å². The highest BCUT2D eigenvalue weighted by molar-refractivity contribution is 6.62. The van der Waals surface area contributed by atoms with Gasteiger partial charge in [0, 0.05) is 0 Å². The third-order valence-corrected chi connectivity index (χ3v) is 9.86. The van der Waals surface area contributed by atoms with Crippen molar-refractivity contribution < 1.29 is 9.31 Å². The molecule has 0 N–H and O–H groups in total.